The van der Waals surface area contributed by atoms with Gasteiger partial charge in [0.25, 0.3) is 5.91 Å². The summed E-state index contributed by atoms with van der Waals surface area (Å²) in [5.74, 6) is -1.03. The van der Waals surface area contributed by atoms with Crippen LogP contribution in [0.5, 0.6) is 0 Å². The largest absolute Gasteiger partial charge is 0.481 e. The topological polar surface area (TPSA) is 66.4 Å². The van der Waals surface area contributed by atoms with Gasteiger partial charge in [0.1, 0.15) is 0 Å². The predicted molar refractivity (Wildman–Crippen MR) is 72.9 cm³/mol. The maximum absolute atomic E-state index is 11.9. The molecule has 1 fully saturated rings. The van der Waals surface area contributed by atoms with Crippen molar-refractivity contribution in [2.75, 3.05) is 0 Å². The van der Waals surface area contributed by atoms with Gasteiger partial charge in [-0.15, -0.1) is 11.3 Å². The van der Waals surface area contributed by atoms with Crippen molar-refractivity contribution in [1.82, 2.24) is 5.32 Å². The number of thiophene rings is 1. The highest BCUT2D eigenvalue weighted by Crippen LogP contribution is 2.25. The lowest BCUT2D eigenvalue weighted by Gasteiger charge is -2.26. The minimum atomic E-state index is -0.720. The van der Waals surface area contributed by atoms with E-state index in [1.54, 1.807) is 6.07 Å². The first kappa shape index (κ1) is 13.5. The summed E-state index contributed by atoms with van der Waals surface area (Å²) in [4.78, 5) is 23.4. The number of carbonyl (C=O) groups is 2. The molecule has 2 rings (SSSR count). The Morgan fingerprint density at radius 1 is 1.33 bits per heavy atom. The first-order chi connectivity index (χ1) is 8.56. The number of amides is 1. The molecule has 0 atom stereocenters. The van der Waals surface area contributed by atoms with Gasteiger partial charge in [-0.3, -0.25) is 9.59 Å². The van der Waals surface area contributed by atoms with Crippen LogP contribution in [-0.2, 0) is 4.79 Å². The molecule has 1 aromatic rings. The molecule has 0 aromatic carbocycles. The lowest BCUT2D eigenvalue weighted by molar-refractivity contribution is -0.142. The Morgan fingerprint density at radius 2 is 2.00 bits per heavy atom. The Labute approximate surface area is 118 Å². The molecule has 0 saturated heterocycles. The van der Waals surface area contributed by atoms with Crippen molar-refractivity contribution in [2.24, 2.45) is 5.92 Å². The quantitative estimate of drug-likeness (QED) is 0.894. The minimum absolute atomic E-state index is 0.0653. The molecule has 0 bridgehead atoms. The fourth-order valence-corrected chi connectivity index (χ4v) is 3.50. The van der Waals surface area contributed by atoms with Crippen molar-refractivity contribution < 1.29 is 14.7 Å². The number of rotatable bonds is 3. The van der Waals surface area contributed by atoms with Crippen LogP contribution in [0.3, 0.4) is 0 Å². The van der Waals surface area contributed by atoms with Gasteiger partial charge in [0.05, 0.1) is 10.8 Å². The molecule has 98 valence electrons. The van der Waals surface area contributed by atoms with Gasteiger partial charge in [-0.05, 0) is 47.7 Å². The summed E-state index contributed by atoms with van der Waals surface area (Å²) in [5.41, 5.74) is 0. The van der Waals surface area contributed by atoms with Gasteiger partial charge in [0, 0.05) is 15.9 Å². The third-order valence-electron chi connectivity index (χ3n) is 3.20. The normalized spacial score (nSPS) is 23.6. The maximum atomic E-state index is 11.9. The fraction of sp³-hybridized carbons (Fsp3) is 0.500. The highest BCUT2D eigenvalue weighted by atomic mass is 79.9. The molecule has 18 heavy (non-hydrogen) atoms. The highest BCUT2D eigenvalue weighted by molar-refractivity contribution is 9.10. The lowest BCUT2D eigenvalue weighted by atomic mass is 9.86. The summed E-state index contributed by atoms with van der Waals surface area (Å²) in [6.07, 6.45) is 2.79. The zero-order valence-corrected chi connectivity index (χ0v) is 12.1. The van der Waals surface area contributed by atoms with E-state index in [0.717, 1.165) is 17.3 Å². The van der Waals surface area contributed by atoms with Gasteiger partial charge in [-0.25, -0.2) is 0 Å². The Bertz CT molecular complexity index is 452. The SMILES string of the molecule is O=C(NC1CCC(C(=O)O)CC1)c1cc(Br)cs1. The molecule has 0 aliphatic heterocycles. The molecule has 4 nitrogen and oxygen atoms in total. The average Bonchev–Trinajstić information content (AvgIpc) is 2.76. The molecule has 1 aliphatic carbocycles. The van der Waals surface area contributed by atoms with Crippen molar-refractivity contribution in [1.29, 1.82) is 0 Å². The predicted octanol–water partition coefficient (Wildman–Crippen LogP) is 2.88. The second-order valence-corrected chi connectivity index (χ2v) is 6.32. The van der Waals surface area contributed by atoms with E-state index in [1.165, 1.54) is 11.3 Å². The minimum Gasteiger partial charge on any atom is -0.481 e. The Hall–Kier alpha value is -0.880. The highest BCUT2D eigenvalue weighted by Gasteiger charge is 2.27. The van der Waals surface area contributed by atoms with E-state index in [0.29, 0.717) is 17.7 Å². The van der Waals surface area contributed by atoms with Gasteiger partial charge in [0.2, 0.25) is 0 Å². The molecule has 2 N–H and O–H groups in total. The van der Waals surface area contributed by atoms with Crippen molar-refractivity contribution in [3.63, 3.8) is 0 Å². The third-order valence-corrected chi connectivity index (χ3v) is 4.89. The number of halogens is 1. The van der Waals surface area contributed by atoms with Gasteiger partial charge < -0.3 is 10.4 Å². The molecule has 0 radical (unpaired) electrons. The summed E-state index contributed by atoms with van der Waals surface area (Å²) < 4.78 is 0.909. The Morgan fingerprint density at radius 3 is 2.50 bits per heavy atom. The molecular weight excluding hydrogens is 318 g/mol. The van der Waals surface area contributed by atoms with Crippen LogP contribution >= 0.6 is 27.3 Å². The standard InChI is InChI=1S/C12H14BrNO3S/c13-8-5-10(18-6-8)11(15)14-9-3-1-7(2-4-9)12(16)17/h5-7,9H,1-4H2,(H,14,15)(H,16,17). The van der Waals surface area contributed by atoms with Crippen LogP contribution in [0.15, 0.2) is 15.9 Å². The van der Waals surface area contributed by atoms with Crippen molar-refractivity contribution in [3.8, 4) is 0 Å². The summed E-state index contributed by atoms with van der Waals surface area (Å²) in [5, 5.41) is 13.7. The third kappa shape index (κ3) is 3.32. The maximum Gasteiger partial charge on any atom is 0.306 e. The van der Waals surface area contributed by atoms with E-state index in [9.17, 15) is 9.59 Å². The van der Waals surface area contributed by atoms with Crippen molar-refractivity contribution in [2.45, 2.75) is 31.7 Å². The van der Waals surface area contributed by atoms with Crippen LogP contribution in [0.25, 0.3) is 0 Å². The van der Waals surface area contributed by atoms with E-state index in [2.05, 4.69) is 21.2 Å². The molecule has 1 heterocycles. The monoisotopic (exact) mass is 331 g/mol. The van der Waals surface area contributed by atoms with Crippen LogP contribution < -0.4 is 5.32 Å². The van der Waals surface area contributed by atoms with Gasteiger partial charge in [-0.2, -0.15) is 0 Å². The summed E-state index contributed by atoms with van der Waals surface area (Å²) in [6, 6.07) is 1.90. The number of hydrogen-bond donors (Lipinski definition) is 2. The molecular formula is C12H14BrNO3S. The first-order valence-electron chi connectivity index (χ1n) is 5.84. The Kier molecular flexibility index (Phi) is 4.40. The van der Waals surface area contributed by atoms with Crippen LogP contribution in [0.2, 0.25) is 0 Å². The Balaban J connectivity index is 1.85. The van der Waals surface area contributed by atoms with Crippen molar-refractivity contribution >= 4 is 39.1 Å². The second kappa shape index (κ2) is 5.84. The van der Waals surface area contributed by atoms with Crippen LogP contribution in [0.4, 0.5) is 0 Å². The molecule has 1 aromatic heterocycles. The number of carboxylic acids is 1. The lowest BCUT2D eigenvalue weighted by Crippen LogP contribution is -2.38. The number of hydrogen-bond acceptors (Lipinski definition) is 3. The van der Waals surface area contributed by atoms with Crippen LogP contribution in [-0.4, -0.2) is 23.0 Å². The first-order valence-corrected chi connectivity index (χ1v) is 7.51. The second-order valence-electron chi connectivity index (χ2n) is 4.49. The number of nitrogens with one attached hydrogen (secondary N) is 1. The van der Waals surface area contributed by atoms with Gasteiger partial charge >= 0.3 is 5.97 Å². The number of carbonyl (C=O) groups excluding carboxylic acids is 1. The van der Waals surface area contributed by atoms with Gasteiger partial charge in [-0.1, -0.05) is 0 Å². The van der Waals surface area contributed by atoms with Crippen LogP contribution in [0, 0.1) is 5.92 Å². The molecule has 1 saturated carbocycles. The van der Waals surface area contributed by atoms with E-state index in [4.69, 9.17) is 5.11 Å². The molecule has 6 heteroatoms. The van der Waals surface area contributed by atoms with E-state index in [1.807, 2.05) is 5.38 Å². The molecule has 1 aliphatic rings. The van der Waals surface area contributed by atoms with E-state index in [-0.39, 0.29) is 17.9 Å². The van der Waals surface area contributed by atoms with E-state index < -0.39 is 5.97 Å². The summed E-state index contributed by atoms with van der Waals surface area (Å²) in [6.45, 7) is 0. The van der Waals surface area contributed by atoms with E-state index >= 15 is 0 Å². The summed E-state index contributed by atoms with van der Waals surface area (Å²) in [7, 11) is 0. The zero-order chi connectivity index (χ0) is 13.1. The van der Waals surface area contributed by atoms with Crippen LogP contribution in [0.1, 0.15) is 35.4 Å². The van der Waals surface area contributed by atoms with Crippen molar-refractivity contribution in [3.05, 3.63) is 20.8 Å². The molecule has 0 unspecified atom stereocenters. The smallest absolute Gasteiger partial charge is 0.306 e. The molecule has 1 amide bonds. The number of aliphatic carboxylic acids is 1. The molecule has 0 spiro atoms. The average molecular weight is 332 g/mol. The van der Waals surface area contributed by atoms with Gasteiger partial charge in [0.15, 0.2) is 0 Å². The number of carboxylic acid groups (broad SMARTS) is 1. The summed E-state index contributed by atoms with van der Waals surface area (Å²) >= 11 is 4.71. The zero-order valence-electron chi connectivity index (χ0n) is 9.69. The fourth-order valence-electron chi connectivity index (χ4n) is 2.17.